The van der Waals surface area contributed by atoms with E-state index in [-0.39, 0.29) is 9.80 Å². The Labute approximate surface area is 128 Å². The topological polar surface area (TPSA) is 21.6 Å². The summed E-state index contributed by atoms with van der Waals surface area (Å²) >= 11 is 3.85. The van der Waals surface area contributed by atoms with E-state index in [1.165, 1.54) is 24.8 Å². The van der Waals surface area contributed by atoms with Crippen LogP contribution in [-0.2, 0) is 4.74 Å². The summed E-state index contributed by atoms with van der Waals surface area (Å²) in [4.78, 5) is 4.99. The molecule has 2 nitrogen and oxygen atoms in total. The monoisotopic (exact) mass is 305 g/mol. The first-order chi connectivity index (χ1) is 9.60. The molecule has 1 aliphatic carbocycles. The number of hydrogen-bond acceptors (Lipinski definition) is 4. The van der Waals surface area contributed by atoms with Gasteiger partial charge in [-0.1, -0.05) is 42.1 Å². The van der Waals surface area contributed by atoms with E-state index in [9.17, 15) is 0 Å². The molecule has 3 aliphatic rings. The SMILES string of the molecule is CC1(C)N=C(c2ccccc2)SC12OC1CCCC1S2. The summed E-state index contributed by atoms with van der Waals surface area (Å²) in [7, 11) is 0. The van der Waals surface area contributed by atoms with Crippen molar-refractivity contribution in [2.75, 3.05) is 0 Å². The van der Waals surface area contributed by atoms with Crippen molar-refractivity contribution < 1.29 is 4.74 Å². The number of rotatable bonds is 1. The summed E-state index contributed by atoms with van der Waals surface area (Å²) in [5.74, 6) is 0. The highest BCUT2D eigenvalue weighted by molar-refractivity contribution is 8.26. The third-order valence-corrected chi connectivity index (χ3v) is 8.06. The summed E-state index contributed by atoms with van der Waals surface area (Å²) in [6.45, 7) is 4.42. The van der Waals surface area contributed by atoms with Crippen molar-refractivity contribution in [2.24, 2.45) is 4.99 Å². The van der Waals surface area contributed by atoms with Crippen molar-refractivity contribution in [3.63, 3.8) is 0 Å². The largest absolute Gasteiger partial charge is 0.348 e. The third kappa shape index (κ3) is 1.88. The van der Waals surface area contributed by atoms with E-state index in [2.05, 4.69) is 44.2 Å². The van der Waals surface area contributed by atoms with E-state index in [1.807, 2.05) is 23.5 Å². The van der Waals surface area contributed by atoms with Crippen LogP contribution in [0.1, 0.15) is 38.7 Å². The smallest absolute Gasteiger partial charge is 0.191 e. The number of hydrogen-bond donors (Lipinski definition) is 0. The fraction of sp³-hybridized carbons (Fsp3) is 0.562. The van der Waals surface area contributed by atoms with Gasteiger partial charge in [-0.3, -0.25) is 4.99 Å². The lowest BCUT2D eigenvalue weighted by Gasteiger charge is -2.34. The average Bonchev–Trinajstić information content (AvgIpc) is 3.04. The van der Waals surface area contributed by atoms with Crippen molar-refractivity contribution in [1.29, 1.82) is 0 Å². The number of thioether (sulfide) groups is 2. The Morgan fingerprint density at radius 2 is 2.00 bits per heavy atom. The first-order valence-electron chi connectivity index (χ1n) is 7.30. The van der Waals surface area contributed by atoms with Crippen molar-refractivity contribution >= 4 is 28.6 Å². The molecule has 2 aliphatic heterocycles. The third-order valence-electron chi connectivity index (χ3n) is 4.39. The first kappa shape index (κ1) is 13.2. The predicted molar refractivity (Wildman–Crippen MR) is 87.5 cm³/mol. The summed E-state index contributed by atoms with van der Waals surface area (Å²) in [6, 6.07) is 10.5. The number of benzene rings is 1. The Hall–Kier alpha value is -0.450. The van der Waals surface area contributed by atoms with Crippen molar-refractivity contribution in [1.82, 2.24) is 0 Å². The van der Waals surface area contributed by atoms with Gasteiger partial charge < -0.3 is 4.74 Å². The zero-order valence-corrected chi connectivity index (χ0v) is 13.5. The van der Waals surface area contributed by atoms with E-state index in [1.54, 1.807) is 0 Å². The number of nitrogens with zero attached hydrogens (tertiary/aromatic N) is 1. The van der Waals surface area contributed by atoms with E-state index < -0.39 is 0 Å². The molecule has 2 heterocycles. The van der Waals surface area contributed by atoms with E-state index in [4.69, 9.17) is 9.73 Å². The predicted octanol–water partition coefficient (Wildman–Crippen LogP) is 4.30. The standard InChI is InChI=1S/C16H19NOS2/c1-15(2)16(18-12-9-6-10-13(12)19-16)20-14(17-15)11-7-4-3-5-8-11/h3-5,7-8,12-13H,6,9-10H2,1-2H3. The van der Waals surface area contributed by atoms with Gasteiger partial charge in [0.2, 0.25) is 0 Å². The Balaban J connectivity index is 1.66. The fourth-order valence-corrected chi connectivity index (χ4v) is 6.82. The van der Waals surface area contributed by atoms with Gasteiger partial charge >= 0.3 is 0 Å². The molecule has 1 saturated carbocycles. The first-order valence-corrected chi connectivity index (χ1v) is 8.99. The minimum Gasteiger partial charge on any atom is -0.348 e. The highest BCUT2D eigenvalue weighted by Gasteiger charge is 2.61. The molecule has 4 heteroatoms. The normalized spacial score (nSPS) is 38.2. The molecule has 0 N–H and O–H groups in total. The molecule has 20 heavy (non-hydrogen) atoms. The molecule has 0 aromatic heterocycles. The van der Waals surface area contributed by atoms with E-state index in [0.717, 1.165) is 5.04 Å². The van der Waals surface area contributed by atoms with Gasteiger partial charge in [0.1, 0.15) is 10.6 Å². The lowest BCUT2D eigenvalue weighted by Crippen LogP contribution is -2.40. The summed E-state index contributed by atoms with van der Waals surface area (Å²) in [5, 5.41) is 1.80. The Kier molecular flexibility index (Phi) is 2.99. The van der Waals surface area contributed by atoms with E-state index in [0.29, 0.717) is 11.4 Å². The van der Waals surface area contributed by atoms with Crippen LogP contribution >= 0.6 is 23.5 Å². The lowest BCUT2D eigenvalue weighted by atomic mass is 10.1. The van der Waals surface area contributed by atoms with Gasteiger partial charge in [-0.15, -0.1) is 11.8 Å². The van der Waals surface area contributed by atoms with Crippen molar-refractivity contribution in [3.8, 4) is 0 Å². The van der Waals surface area contributed by atoms with Gasteiger partial charge in [-0.05, 0) is 33.1 Å². The second-order valence-corrected chi connectivity index (χ2v) is 9.08. The molecule has 3 atom stereocenters. The van der Waals surface area contributed by atoms with Gasteiger partial charge in [0.15, 0.2) is 4.27 Å². The summed E-state index contributed by atoms with van der Waals surface area (Å²) < 4.78 is 6.30. The lowest BCUT2D eigenvalue weighted by molar-refractivity contribution is 0.0123. The van der Waals surface area contributed by atoms with Gasteiger partial charge in [-0.25, -0.2) is 0 Å². The molecule has 1 spiro atoms. The van der Waals surface area contributed by atoms with Crippen LogP contribution in [0.4, 0.5) is 0 Å². The van der Waals surface area contributed by atoms with Crippen LogP contribution in [0.5, 0.6) is 0 Å². The van der Waals surface area contributed by atoms with Crippen LogP contribution in [0.2, 0.25) is 0 Å². The second-order valence-electron chi connectivity index (χ2n) is 6.24. The molecule has 1 aromatic rings. The zero-order chi connectivity index (χ0) is 13.8. The minimum absolute atomic E-state index is 0.169. The van der Waals surface area contributed by atoms with Crippen LogP contribution in [0, 0.1) is 0 Å². The van der Waals surface area contributed by atoms with Crippen molar-refractivity contribution in [2.45, 2.75) is 54.3 Å². The molecule has 106 valence electrons. The number of ether oxygens (including phenoxy) is 1. The molecule has 0 bridgehead atoms. The van der Waals surface area contributed by atoms with Gasteiger partial charge in [0.25, 0.3) is 0 Å². The number of aliphatic imine (C=N–C) groups is 1. The molecule has 1 saturated heterocycles. The molecule has 0 radical (unpaired) electrons. The molecule has 4 rings (SSSR count). The van der Waals surface area contributed by atoms with Crippen LogP contribution in [-0.4, -0.2) is 26.2 Å². The highest BCUT2D eigenvalue weighted by Crippen LogP contribution is 2.63. The van der Waals surface area contributed by atoms with Gasteiger partial charge in [0.05, 0.1) is 6.10 Å². The summed E-state index contributed by atoms with van der Waals surface area (Å²) in [5.41, 5.74) is 1.04. The second kappa shape index (κ2) is 4.52. The maximum Gasteiger partial charge on any atom is 0.191 e. The van der Waals surface area contributed by atoms with Crippen LogP contribution in [0.3, 0.4) is 0 Å². The molecule has 1 aromatic carbocycles. The molecule has 0 amide bonds. The fourth-order valence-electron chi connectivity index (χ4n) is 3.23. The van der Waals surface area contributed by atoms with Gasteiger partial charge in [-0.2, -0.15) is 0 Å². The maximum absolute atomic E-state index is 6.51. The highest BCUT2D eigenvalue weighted by atomic mass is 32.2. The average molecular weight is 305 g/mol. The Bertz CT molecular complexity index is 543. The molecular formula is C16H19NOS2. The van der Waals surface area contributed by atoms with Crippen LogP contribution < -0.4 is 0 Å². The Morgan fingerprint density at radius 1 is 1.20 bits per heavy atom. The maximum atomic E-state index is 6.51. The van der Waals surface area contributed by atoms with Crippen LogP contribution in [0.25, 0.3) is 0 Å². The quantitative estimate of drug-likeness (QED) is 0.772. The van der Waals surface area contributed by atoms with Gasteiger partial charge in [0, 0.05) is 10.8 Å². The molecule has 2 fully saturated rings. The Morgan fingerprint density at radius 3 is 2.75 bits per heavy atom. The van der Waals surface area contributed by atoms with Crippen LogP contribution in [0.15, 0.2) is 35.3 Å². The summed E-state index contributed by atoms with van der Waals surface area (Å²) in [6.07, 6.45) is 4.28. The molecule has 3 unspecified atom stereocenters. The number of fused-ring (bicyclic) bond motifs is 1. The zero-order valence-electron chi connectivity index (χ0n) is 11.8. The van der Waals surface area contributed by atoms with Crippen molar-refractivity contribution in [3.05, 3.63) is 35.9 Å². The molecular weight excluding hydrogens is 286 g/mol. The minimum atomic E-state index is -0.214. The van der Waals surface area contributed by atoms with E-state index >= 15 is 0 Å².